The molecule has 0 radical (unpaired) electrons. The molecule has 0 amide bonds. The van der Waals surface area contributed by atoms with E-state index in [-0.39, 0.29) is 0 Å². The van der Waals surface area contributed by atoms with Crippen molar-refractivity contribution in [2.24, 2.45) is 5.41 Å². The van der Waals surface area contributed by atoms with Crippen molar-refractivity contribution >= 4 is 0 Å². The zero-order valence-electron chi connectivity index (χ0n) is 9.09. The second-order valence-corrected chi connectivity index (χ2v) is 5.14. The van der Waals surface area contributed by atoms with Crippen LogP contribution in [0.4, 0.5) is 0 Å². The van der Waals surface area contributed by atoms with Gasteiger partial charge in [-0.15, -0.1) is 0 Å². The van der Waals surface area contributed by atoms with Crippen LogP contribution in [0.15, 0.2) is 30.3 Å². The molecular weight excluding hydrogens is 170 g/mol. The van der Waals surface area contributed by atoms with Crippen molar-refractivity contribution in [3.63, 3.8) is 0 Å². The molecule has 1 fully saturated rings. The van der Waals surface area contributed by atoms with Crippen LogP contribution in [0.1, 0.15) is 25.8 Å². The summed E-state index contributed by atoms with van der Waals surface area (Å²) in [4.78, 5) is 0. The standard InChI is InChI=1S/C13H19N/c1-13(2)9-12(14-10-13)8-11-6-4-3-5-7-11/h3-7,12,14H,8-10H2,1-2H3. The third-order valence-corrected chi connectivity index (χ3v) is 2.99. The first-order valence-electron chi connectivity index (χ1n) is 5.43. The fourth-order valence-corrected chi connectivity index (χ4v) is 2.27. The first-order chi connectivity index (χ1) is 6.66. The number of nitrogens with one attached hydrogen (secondary N) is 1. The third kappa shape index (κ3) is 2.36. The van der Waals surface area contributed by atoms with Gasteiger partial charge in [0.1, 0.15) is 0 Å². The molecule has 1 aromatic carbocycles. The van der Waals surface area contributed by atoms with Crippen molar-refractivity contribution in [1.29, 1.82) is 0 Å². The molecule has 1 heteroatoms. The molecule has 0 bridgehead atoms. The number of rotatable bonds is 2. The fourth-order valence-electron chi connectivity index (χ4n) is 2.27. The monoisotopic (exact) mass is 189 g/mol. The van der Waals surface area contributed by atoms with E-state index in [1.165, 1.54) is 18.4 Å². The van der Waals surface area contributed by atoms with Crippen molar-refractivity contribution in [3.8, 4) is 0 Å². The largest absolute Gasteiger partial charge is 0.313 e. The van der Waals surface area contributed by atoms with E-state index in [0.717, 1.165) is 6.54 Å². The van der Waals surface area contributed by atoms with E-state index in [9.17, 15) is 0 Å². The fraction of sp³-hybridized carbons (Fsp3) is 0.538. The second kappa shape index (κ2) is 3.74. The molecular formula is C13H19N. The van der Waals surface area contributed by atoms with Crippen molar-refractivity contribution < 1.29 is 0 Å². The lowest BCUT2D eigenvalue weighted by atomic mass is 9.89. The Labute approximate surface area is 86.5 Å². The van der Waals surface area contributed by atoms with Crippen LogP contribution < -0.4 is 5.32 Å². The Balaban J connectivity index is 1.94. The topological polar surface area (TPSA) is 12.0 Å². The highest BCUT2D eigenvalue weighted by Gasteiger charge is 2.29. The third-order valence-electron chi connectivity index (χ3n) is 2.99. The van der Waals surface area contributed by atoms with Gasteiger partial charge in [0, 0.05) is 12.6 Å². The van der Waals surface area contributed by atoms with Crippen LogP contribution in [0.3, 0.4) is 0 Å². The van der Waals surface area contributed by atoms with Crippen LogP contribution in [0, 0.1) is 5.41 Å². The van der Waals surface area contributed by atoms with Crippen LogP contribution in [-0.4, -0.2) is 12.6 Å². The lowest BCUT2D eigenvalue weighted by Gasteiger charge is -2.15. The molecule has 1 N–H and O–H groups in total. The van der Waals surface area contributed by atoms with E-state index in [2.05, 4.69) is 49.5 Å². The molecule has 1 saturated heterocycles. The molecule has 1 heterocycles. The molecule has 1 aliphatic rings. The summed E-state index contributed by atoms with van der Waals surface area (Å²) in [7, 11) is 0. The maximum absolute atomic E-state index is 3.60. The Morgan fingerprint density at radius 2 is 2.00 bits per heavy atom. The van der Waals surface area contributed by atoms with Crippen molar-refractivity contribution in [2.75, 3.05) is 6.54 Å². The maximum Gasteiger partial charge on any atom is 0.0113 e. The van der Waals surface area contributed by atoms with E-state index in [1.54, 1.807) is 0 Å². The smallest absolute Gasteiger partial charge is 0.0113 e. The molecule has 1 unspecified atom stereocenters. The summed E-state index contributed by atoms with van der Waals surface area (Å²) >= 11 is 0. The summed E-state index contributed by atoms with van der Waals surface area (Å²) in [5.74, 6) is 0. The van der Waals surface area contributed by atoms with Crippen LogP contribution in [0.5, 0.6) is 0 Å². The summed E-state index contributed by atoms with van der Waals surface area (Å²) in [5.41, 5.74) is 1.93. The molecule has 0 aromatic heterocycles. The summed E-state index contributed by atoms with van der Waals surface area (Å²) in [5, 5.41) is 3.60. The summed E-state index contributed by atoms with van der Waals surface area (Å²) in [6, 6.07) is 11.4. The van der Waals surface area contributed by atoms with Gasteiger partial charge in [-0.3, -0.25) is 0 Å². The highest BCUT2D eigenvalue weighted by atomic mass is 15.0. The summed E-state index contributed by atoms with van der Waals surface area (Å²) in [6.45, 7) is 5.83. The minimum Gasteiger partial charge on any atom is -0.313 e. The minimum atomic E-state index is 0.486. The highest BCUT2D eigenvalue weighted by Crippen LogP contribution is 2.28. The molecule has 76 valence electrons. The molecule has 1 atom stereocenters. The zero-order chi connectivity index (χ0) is 10.0. The van der Waals surface area contributed by atoms with E-state index < -0.39 is 0 Å². The summed E-state index contributed by atoms with van der Waals surface area (Å²) < 4.78 is 0. The Morgan fingerprint density at radius 1 is 1.29 bits per heavy atom. The zero-order valence-corrected chi connectivity index (χ0v) is 9.09. The van der Waals surface area contributed by atoms with Crippen LogP contribution in [0.25, 0.3) is 0 Å². The normalized spacial score (nSPS) is 25.1. The molecule has 0 aliphatic carbocycles. The minimum absolute atomic E-state index is 0.486. The van der Waals surface area contributed by atoms with Crippen LogP contribution in [0.2, 0.25) is 0 Å². The molecule has 1 nitrogen and oxygen atoms in total. The lowest BCUT2D eigenvalue weighted by molar-refractivity contribution is 0.401. The molecule has 2 rings (SSSR count). The Morgan fingerprint density at radius 3 is 2.57 bits per heavy atom. The first kappa shape index (κ1) is 9.72. The van der Waals surface area contributed by atoms with E-state index in [0.29, 0.717) is 11.5 Å². The molecule has 0 saturated carbocycles. The van der Waals surface area contributed by atoms with Gasteiger partial charge in [0.05, 0.1) is 0 Å². The second-order valence-electron chi connectivity index (χ2n) is 5.14. The summed E-state index contributed by atoms with van der Waals surface area (Å²) in [6.07, 6.45) is 2.46. The average Bonchev–Trinajstić information content (AvgIpc) is 2.47. The van der Waals surface area contributed by atoms with Gasteiger partial charge in [0.2, 0.25) is 0 Å². The van der Waals surface area contributed by atoms with Crippen LogP contribution in [-0.2, 0) is 6.42 Å². The van der Waals surface area contributed by atoms with Gasteiger partial charge in [-0.1, -0.05) is 44.2 Å². The average molecular weight is 189 g/mol. The molecule has 14 heavy (non-hydrogen) atoms. The molecule has 1 aliphatic heterocycles. The van der Waals surface area contributed by atoms with Crippen molar-refractivity contribution in [1.82, 2.24) is 5.32 Å². The van der Waals surface area contributed by atoms with Gasteiger partial charge in [-0.2, -0.15) is 0 Å². The number of hydrogen-bond acceptors (Lipinski definition) is 1. The number of benzene rings is 1. The van der Waals surface area contributed by atoms with Gasteiger partial charge in [-0.05, 0) is 23.8 Å². The van der Waals surface area contributed by atoms with Crippen molar-refractivity contribution in [3.05, 3.63) is 35.9 Å². The van der Waals surface area contributed by atoms with Crippen molar-refractivity contribution in [2.45, 2.75) is 32.7 Å². The van der Waals surface area contributed by atoms with Gasteiger partial charge in [0.15, 0.2) is 0 Å². The highest BCUT2D eigenvalue weighted by molar-refractivity contribution is 5.16. The van der Waals surface area contributed by atoms with Gasteiger partial charge < -0.3 is 5.32 Å². The molecule has 1 aromatic rings. The van der Waals surface area contributed by atoms with E-state index >= 15 is 0 Å². The Bertz CT molecular complexity index is 289. The molecule has 0 spiro atoms. The Kier molecular flexibility index (Phi) is 2.60. The quantitative estimate of drug-likeness (QED) is 0.754. The Hall–Kier alpha value is -0.820. The number of hydrogen-bond donors (Lipinski definition) is 1. The predicted octanol–water partition coefficient (Wildman–Crippen LogP) is 2.62. The maximum atomic E-state index is 3.60. The lowest BCUT2D eigenvalue weighted by Crippen LogP contribution is -2.23. The van der Waals surface area contributed by atoms with E-state index in [4.69, 9.17) is 0 Å². The SMILES string of the molecule is CC1(C)CNC(Cc2ccccc2)C1. The van der Waals surface area contributed by atoms with Gasteiger partial charge in [0.25, 0.3) is 0 Å². The first-order valence-corrected chi connectivity index (χ1v) is 5.43. The predicted molar refractivity (Wildman–Crippen MR) is 60.3 cm³/mol. The van der Waals surface area contributed by atoms with E-state index in [1.807, 2.05) is 0 Å². The van der Waals surface area contributed by atoms with Crippen LogP contribution >= 0.6 is 0 Å². The van der Waals surface area contributed by atoms with Gasteiger partial charge in [-0.25, -0.2) is 0 Å². The van der Waals surface area contributed by atoms with Gasteiger partial charge >= 0.3 is 0 Å².